The number of nitrogens with one attached hydrogen (secondary N) is 1. The Balaban J connectivity index is 2.01. The summed E-state index contributed by atoms with van der Waals surface area (Å²) in [7, 11) is 0. The number of aromatic nitrogens is 3. The zero-order valence-electron chi connectivity index (χ0n) is 11.7. The van der Waals surface area contributed by atoms with Gasteiger partial charge >= 0.3 is 6.18 Å². The third kappa shape index (κ3) is 4.26. The Morgan fingerprint density at radius 3 is 2.81 bits per heavy atom. The van der Waals surface area contributed by atoms with Crippen molar-refractivity contribution < 1.29 is 13.2 Å². The highest BCUT2D eigenvalue weighted by Crippen LogP contribution is 2.29. The SMILES string of the molecule is CSCCCCCNc1nccn2nc(C(F)(F)F)cc12. The van der Waals surface area contributed by atoms with E-state index in [1.165, 1.54) is 16.9 Å². The first-order valence-corrected chi connectivity index (χ1v) is 8.06. The summed E-state index contributed by atoms with van der Waals surface area (Å²) in [4.78, 5) is 4.09. The van der Waals surface area contributed by atoms with Gasteiger partial charge in [0.2, 0.25) is 0 Å². The predicted molar refractivity (Wildman–Crippen MR) is 78.7 cm³/mol. The summed E-state index contributed by atoms with van der Waals surface area (Å²) in [6, 6.07) is 1.02. The molecule has 0 amide bonds. The van der Waals surface area contributed by atoms with E-state index in [0.717, 1.165) is 31.1 Å². The van der Waals surface area contributed by atoms with Crippen LogP contribution in [0.25, 0.3) is 5.52 Å². The molecule has 116 valence electrons. The van der Waals surface area contributed by atoms with E-state index in [2.05, 4.69) is 21.7 Å². The summed E-state index contributed by atoms with van der Waals surface area (Å²) in [5.41, 5.74) is -0.563. The molecular weight excluding hydrogens is 301 g/mol. The molecule has 0 aliphatic heterocycles. The third-order valence-electron chi connectivity index (χ3n) is 3.00. The number of rotatable bonds is 7. The normalized spacial score (nSPS) is 12.0. The molecule has 0 atom stereocenters. The smallest absolute Gasteiger partial charge is 0.368 e. The van der Waals surface area contributed by atoms with E-state index in [9.17, 15) is 13.2 Å². The van der Waals surface area contributed by atoms with E-state index in [1.807, 2.05) is 11.8 Å². The Hall–Kier alpha value is -1.44. The lowest BCUT2D eigenvalue weighted by Gasteiger charge is -2.06. The van der Waals surface area contributed by atoms with Crippen LogP contribution in [-0.2, 0) is 6.18 Å². The lowest BCUT2D eigenvalue weighted by atomic mass is 10.2. The Morgan fingerprint density at radius 2 is 2.10 bits per heavy atom. The summed E-state index contributed by atoms with van der Waals surface area (Å²) in [5, 5.41) is 6.61. The van der Waals surface area contributed by atoms with Crippen LogP contribution in [0.15, 0.2) is 18.5 Å². The summed E-state index contributed by atoms with van der Waals surface area (Å²) in [5.74, 6) is 1.57. The molecule has 0 saturated heterocycles. The molecule has 0 aliphatic carbocycles. The van der Waals surface area contributed by atoms with Crippen molar-refractivity contribution in [3.05, 3.63) is 24.2 Å². The second-order valence-corrected chi connectivity index (χ2v) is 5.60. The first-order chi connectivity index (χ1) is 10.0. The number of halogens is 3. The fourth-order valence-corrected chi connectivity index (χ4v) is 2.44. The van der Waals surface area contributed by atoms with Gasteiger partial charge in [0.15, 0.2) is 11.5 Å². The maximum atomic E-state index is 12.7. The van der Waals surface area contributed by atoms with Gasteiger partial charge in [-0.25, -0.2) is 9.50 Å². The van der Waals surface area contributed by atoms with Crippen LogP contribution >= 0.6 is 11.8 Å². The van der Waals surface area contributed by atoms with Gasteiger partial charge in [0.25, 0.3) is 0 Å². The lowest BCUT2D eigenvalue weighted by molar-refractivity contribution is -0.141. The third-order valence-corrected chi connectivity index (χ3v) is 3.69. The molecule has 0 unspecified atom stereocenters. The van der Waals surface area contributed by atoms with Gasteiger partial charge in [-0.3, -0.25) is 0 Å². The molecule has 2 aromatic heterocycles. The second kappa shape index (κ2) is 7.02. The highest BCUT2D eigenvalue weighted by atomic mass is 32.2. The maximum Gasteiger partial charge on any atom is 0.435 e. The highest BCUT2D eigenvalue weighted by molar-refractivity contribution is 7.98. The summed E-state index contributed by atoms with van der Waals surface area (Å²) in [6.45, 7) is 0.688. The van der Waals surface area contributed by atoms with Crippen LogP contribution in [0.5, 0.6) is 0 Å². The van der Waals surface area contributed by atoms with Crippen LogP contribution in [-0.4, -0.2) is 33.2 Å². The van der Waals surface area contributed by atoms with Crippen LogP contribution < -0.4 is 5.32 Å². The number of anilines is 1. The van der Waals surface area contributed by atoms with Crippen molar-refractivity contribution in [2.24, 2.45) is 0 Å². The van der Waals surface area contributed by atoms with Crippen LogP contribution in [0.3, 0.4) is 0 Å². The van der Waals surface area contributed by atoms with Crippen LogP contribution in [0.4, 0.5) is 19.0 Å². The molecule has 0 aromatic carbocycles. The molecule has 2 heterocycles. The van der Waals surface area contributed by atoms with E-state index < -0.39 is 11.9 Å². The predicted octanol–water partition coefficient (Wildman–Crippen LogP) is 3.69. The second-order valence-electron chi connectivity index (χ2n) is 4.61. The molecule has 8 heteroatoms. The molecular formula is C13H17F3N4S. The van der Waals surface area contributed by atoms with Gasteiger partial charge in [-0.15, -0.1) is 0 Å². The molecule has 0 bridgehead atoms. The molecule has 2 rings (SSSR count). The Bertz CT molecular complexity index is 582. The summed E-state index contributed by atoms with van der Waals surface area (Å²) < 4.78 is 39.2. The fourth-order valence-electron chi connectivity index (χ4n) is 1.95. The number of hydrogen-bond donors (Lipinski definition) is 1. The van der Waals surface area contributed by atoms with Crippen molar-refractivity contribution in [1.29, 1.82) is 0 Å². The van der Waals surface area contributed by atoms with Gasteiger partial charge in [0.05, 0.1) is 0 Å². The zero-order chi connectivity index (χ0) is 15.3. The average molecular weight is 318 g/mol. The van der Waals surface area contributed by atoms with Gasteiger partial charge < -0.3 is 5.32 Å². The minimum absolute atomic E-state index is 0.342. The zero-order valence-corrected chi connectivity index (χ0v) is 12.5. The first kappa shape index (κ1) is 15.9. The molecule has 1 N–H and O–H groups in total. The molecule has 0 spiro atoms. The Labute approximate surface area is 125 Å². The molecule has 0 saturated carbocycles. The van der Waals surface area contributed by atoms with E-state index in [4.69, 9.17) is 0 Å². The van der Waals surface area contributed by atoms with Crippen molar-refractivity contribution in [3.63, 3.8) is 0 Å². The topological polar surface area (TPSA) is 42.2 Å². The molecule has 2 aromatic rings. The molecule has 0 fully saturated rings. The number of hydrogen-bond acceptors (Lipinski definition) is 4. The molecule has 21 heavy (non-hydrogen) atoms. The van der Waals surface area contributed by atoms with Crippen molar-refractivity contribution >= 4 is 23.1 Å². The van der Waals surface area contributed by atoms with Crippen LogP contribution in [0.1, 0.15) is 25.0 Å². The standard InChI is InChI=1S/C13H17F3N4S/c1-21-8-4-2-3-5-17-12-10-9-11(13(14,15)16)19-20(10)7-6-18-12/h6-7,9H,2-5,8H2,1H3,(H,17,18). The summed E-state index contributed by atoms with van der Waals surface area (Å²) in [6.07, 6.45) is 3.67. The molecule has 0 radical (unpaired) electrons. The Morgan fingerprint density at radius 1 is 1.29 bits per heavy atom. The Kier molecular flexibility index (Phi) is 5.33. The number of alkyl halides is 3. The van der Waals surface area contributed by atoms with Gasteiger partial charge in [-0.2, -0.15) is 30.0 Å². The minimum Gasteiger partial charge on any atom is -0.368 e. The maximum absolute atomic E-state index is 12.7. The number of nitrogens with zero attached hydrogens (tertiary/aromatic N) is 3. The van der Waals surface area contributed by atoms with Gasteiger partial charge in [0, 0.05) is 25.0 Å². The van der Waals surface area contributed by atoms with E-state index in [1.54, 1.807) is 0 Å². The monoisotopic (exact) mass is 318 g/mol. The van der Waals surface area contributed by atoms with E-state index >= 15 is 0 Å². The van der Waals surface area contributed by atoms with E-state index in [0.29, 0.717) is 17.9 Å². The number of unbranched alkanes of at least 4 members (excludes halogenated alkanes) is 2. The molecule has 0 aliphatic rings. The number of fused-ring (bicyclic) bond motifs is 1. The first-order valence-electron chi connectivity index (χ1n) is 6.67. The van der Waals surface area contributed by atoms with Crippen molar-refractivity contribution in [3.8, 4) is 0 Å². The van der Waals surface area contributed by atoms with Gasteiger partial charge in [-0.1, -0.05) is 6.42 Å². The van der Waals surface area contributed by atoms with Crippen LogP contribution in [0, 0.1) is 0 Å². The van der Waals surface area contributed by atoms with E-state index in [-0.39, 0.29) is 0 Å². The van der Waals surface area contributed by atoms with Crippen molar-refractivity contribution in [1.82, 2.24) is 14.6 Å². The van der Waals surface area contributed by atoms with Crippen LogP contribution in [0.2, 0.25) is 0 Å². The minimum atomic E-state index is -4.44. The number of thioether (sulfide) groups is 1. The summed E-state index contributed by atoms with van der Waals surface area (Å²) >= 11 is 1.81. The largest absolute Gasteiger partial charge is 0.435 e. The van der Waals surface area contributed by atoms with Gasteiger partial charge in [-0.05, 0) is 24.9 Å². The average Bonchev–Trinajstić information content (AvgIpc) is 2.87. The van der Waals surface area contributed by atoms with Gasteiger partial charge in [0.1, 0.15) is 5.52 Å². The quantitative estimate of drug-likeness (QED) is 0.791. The van der Waals surface area contributed by atoms with Crippen molar-refractivity contribution in [2.75, 3.05) is 23.9 Å². The fraction of sp³-hybridized carbons (Fsp3) is 0.538. The lowest BCUT2D eigenvalue weighted by Crippen LogP contribution is -2.06. The van der Waals surface area contributed by atoms with Crippen molar-refractivity contribution in [2.45, 2.75) is 25.4 Å². The highest BCUT2D eigenvalue weighted by Gasteiger charge is 2.34. The molecule has 4 nitrogen and oxygen atoms in total.